The van der Waals surface area contributed by atoms with Crippen LogP contribution in [0.5, 0.6) is 0 Å². The van der Waals surface area contributed by atoms with Crippen molar-refractivity contribution in [2.24, 2.45) is 0 Å². The van der Waals surface area contributed by atoms with Crippen molar-refractivity contribution in [3.05, 3.63) is 17.8 Å². The average molecular weight is 294 g/mol. The number of carbonyl (C=O) groups excluding carboxylic acids is 1. The highest BCUT2D eigenvalue weighted by Crippen LogP contribution is 2.25. The third kappa shape index (κ3) is 3.85. The van der Waals surface area contributed by atoms with Gasteiger partial charge in [0.15, 0.2) is 5.69 Å². The minimum atomic E-state index is -0.0152. The Morgan fingerprint density at radius 3 is 2.60 bits per heavy atom. The van der Waals surface area contributed by atoms with Crippen LogP contribution in [0.4, 0.5) is 5.82 Å². The highest BCUT2D eigenvalue weighted by Gasteiger charge is 2.27. The fourth-order valence-electron chi connectivity index (χ4n) is 2.30. The van der Waals surface area contributed by atoms with Gasteiger partial charge in [0.05, 0.1) is 0 Å². The van der Waals surface area contributed by atoms with Crippen LogP contribution in [0.25, 0.3) is 0 Å². The molecule has 1 aromatic rings. The smallest absolute Gasteiger partial charge is 0.274 e. The lowest BCUT2D eigenvalue weighted by Gasteiger charge is -2.34. The summed E-state index contributed by atoms with van der Waals surface area (Å²) in [5, 5.41) is 12.2. The number of hydrogen-bond donors (Lipinski definition) is 1. The summed E-state index contributed by atoms with van der Waals surface area (Å²) in [6, 6.07) is 3.58. The summed E-state index contributed by atoms with van der Waals surface area (Å²) in [5.41, 5.74) is 0.429. The van der Waals surface area contributed by atoms with Crippen LogP contribution < -0.4 is 5.32 Å². The summed E-state index contributed by atoms with van der Waals surface area (Å²) in [4.78, 5) is 14.3. The molecule has 0 bridgehead atoms. The fourth-order valence-corrected chi connectivity index (χ4v) is 3.62. The van der Waals surface area contributed by atoms with Crippen molar-refractivity contribution in [1.29, 1.82) is 0 Å². The molecule has 1 fully saturated rings. The molecule has 2 unspecified atom stereocenters. The maximum atomic E-state index is 12.4. The van der Waals surface area contributed by atoms with Crippen LogP contribution in [-0.2, 0) is 0 Å². The number of amides is 1. The third-order valence-corrected chi connectivity index (χ3v) is 4.37. The Balaban J connectivity index is 2.01. The second kappa shape index (κ2) is 6.92. The first kappa shape index (κ1) is 15.1. The normalized spacial score (nSPS) is 22.6. The maximum absolute atomic E-state index is 12.4. The van der Waals surface area contributed by atoms with Gasteiger partial charge in [-0.05, 0) is 18.6 Å². The Morgan fingerprint density at radius 2 is 2.05 bits per heavy atom. The number of hydrogen-bond acceptors (Lipinski definition) is 5. The number of nitrogens with one attached hydrogen (secondary N) is 1. The lowest BCUT2D eigenvalue weighted by atomic mass is 10.2. The van der Waals surface area contributed by atoms with E-state index >= 15 is 0 Å². The Labute approximate surface area is 124 Å². The number of rotatable bonds is 4. The lowest BCUT2D eigenvalue weighted by molar-refractivity contribution is 0.0746. The summed E-state index contributed by atoms with van der Waals surface area (Å²) in [6.07, 6.45) is 1.03. The van der Waals surface area contributed by atoms with E-state index in [0.29, 0.717) is 16.2 Å². The predicted molar refractivity (Wildman–Crippen MR) is 83.2 cm³/mol. The molecule has 5 nitrogen and oxygen atoms in total. The molecule has 1 amide bonds. The van der Waals surface area contributed by atoms with Gasteiger partial charge in [-0.1, -0.05) is 20.8 Å². The highest BCUT2D eigenvalue weighted by atomic mass is 32.2. The lowest BCUT2D eigenvalue weighted by Crippen LogP contribution is -2.44. The molecular formula is C14H22N4OS. The van der Waals surface area contributed by atoms with Crippen LogP contribution in [-0.4, -0.2) is 51.1 Å². The van der Waals surface area contributed by atoms with E-state index in [1.807, 2.05) is 22.7 Å². The summed E-state index contributed by atoms with van der Waals surface area (Å²) < 4.78 is 0. The van der Waals surface area contributed by atoms with Crippen molar-refractivity contribution in [3.63, 3.8) is 0 Å². The number of aromatic nitrogens is 2. The van der Waals surface area contributed by atoms with E-state index in [4.69, 9.17) is 0 Å². The Bertz CT molecular complexity index is 441. The van der Waals surface area contributed by atoms with Gasteiger partial charge in [-0.2, -0.15) is 11.8 Å². The first-order valence-electron chi connectivity index (χ1n) is 7.12. The number of thioether (sulfide) groups is 1. The SMILES string of the molecule is CCCNc1ccc(C(=O)N2CC(C)SC(C)C2)nn1. The van der Waals surface area contributed by atoms with E-state index in [-0.39, 0.29) is 5.91 Å². The number of nitrogens with zero attached hydrogens (tertiary/aromatic N) is 3. The molecule has 0 spiro atoms. The van der Waals surface area contributed by atoms with Gasteiger partial charge in [0.2, 0.25) is 0 Å². The monoisotopic (exact) mass is 294 g/mol. The van der Waals surface area contributed by atoms with Crippen molar-refractivity contribution in [2.75, 3.05) is 25.0 Å². The minimum Gasteiger partial charge on any atom is -0.369 e. The van der Waals surface area contributed by atoms with Crippen molar-refractivity contribution in [2.45, 2.75) is 37.7 Å². The molecule has 1 N–H and O–H groups in total. The molecule has 0 saturated carbocycles. The van der Waals surface area contributed by atoms with Crippen LogP contribution in [0.2, 0.25) is 0 Å². The van der Waals surface area contributed by atoms with E-state index in [2.05, 4.69) is 36.3 Å². The predicted octanol–water partition coefficient (Wildman–Crippen LogP) is 2.26. The van der Waals surface area contributed by atoms with Crippen LogP contribution in [0.1, 0.15) is 37.7 Å². The van der Waals surface area contributed by atoms with Gasteiger partial charge in [-0.15, -0.1) is 10.2 Å². The van der Waals surface area contributed by atoms with E-state index in [1.165, 1.54) is 0 Å². The van der Waals surface area contributed by atoms with Crippen molar-refractivity contribution in [1.82, 2.24) is 15.1 Å². The van der Waals surface area contributed by atoms with Crippen LogP contribution >= 0.6 is 11.8 Å². The Kier molecular flexibility index (Phi) is 5.23. The Hall–Kier alpha value is -1.30. The highest BCUT2D eigenvalue weighted by molar-refractivity contribution is 8.00. The molecule has 2 atom stereocenters. The van der Waals surface area contributed by atoms with Gasteiger partial charge in [0, 0.05) is 30.1 Å². The summed E-state index contributed by atoms with van der Waals surface area (Å²) in [7, 11) is 0. The summed E-state index contributed by atoms with van der Waals surface area (Å²) >= 11 is 1.93. The van der Waals surface area contributed by atoms with Gasteiger partial charge < -0.3 is 10.2 Å². The molecule has 0 aromatic carbocycles. The molecule has 1 aliphatic heterocycles. The quantitative estimate of drug-likeness (QED) is 0.923. The van der Waals surface area contributed by atoms with Crippen molar-refractivity contribution < 1.29 is 4.79 Å². The molecule has 1 aromatic heterocycles. The second-order valence-corrected chi connectivity index (χ2v) is 7.08. The van der Waals surface area contributed by atoms with E-state index in [0.717, 1.165) is 31.9 Å². The topological polar surface area (TPSA) is 58.1 Å². The number of carbonyl (C=O) groups is 1. The zero-order chi connectivity index (χ0) is 14.5. The molecular weight excluding hydrogens is 272 g/mol. The molecule has 110 valence electrons. The zero-order valence-corrected chi connectivity index (χ0v) is 13.1. The maximum Gasteiger partial charge on any atom is 0.274 e. The molecule has 6 heteroatoms. The van der Waals surface area contributed by atoms with Gasteiger partial charge in [-0.3, -0.25) is 4.79 Å². The first-order chi connectivity index (χ1) is 9.60. The minimum absolute atomic E-state index is 0.0152. The molecule has 2 rings (SSSR count). The number of anilines is 1. The largest absolute Gasteiger partial charge is 0.369 e. The van der Waals surface area contributed by atoms with Crippen molar-refractivity contribution >= 4 is 23.5 Å². The van der Waals surface area contributed by atoms with Crippen LogP contribution in [0, 0.1) is 0 Å². The summed E-state index contributed by atoms with van der Waals surface area (Å²) in [6.45, 7) is 8.83. The zero-order valence-electron chi connectivity index (χ0n) is 12.3. The Morgan fingerprint density at radius 1 is 1.35 bits per heavy atom. The summed E-state index contributed by atoms with van der Waals surface area (Å²) in [5.74, 6) is 0.706. The molecule has 1 saturated heterocycles. The van der Waals surface area contributed by atoms with Gasteiger partial charge in [0.25, 0.3) is 5.91 Å². The molecule has 1 aliphatic rings. The molecule has 20 heavy (non-hydrogen) atoms. The van der Waals surface area contributed by atoms with Gasteiger partial charge >= 0.3 is 0 Å². The van der Waals surface area contributed by atoms with Gasteiger partial charge in [0.1, 0.15) is 5.82 Å². The van der Waals surface area contributed by atoms with E-state index in [9.17, 15) is 4.79 Å². The van der Waals surface area contributed by atoms with E-state index < -0.39 is 0 Å². The second-order valence-electron chi connectivity index (χ2n) is 5.20. The van der Waals surface area contributed by atoms with Crippen LogP contribution in [0.15, 0.2) is 12.1 Å². The standard InChI is InChI=1S/C14H22N4OS/c1-4-7-15-13-6-5-12(16-17-13)14(19)18-8-10(2)20-11(3)9-18/h5-6,10-11H,4,7-9H2,1-3H3,(H,15,17). The average Bonchev–Trinajstić information content (AvgIpc) is 2.44. The third-order valence-electron chi connectivity index (χ3n) is 3.15. The first-order valence-corrected chi connectivity index (χ1v) is 8.06. The fraction of sp³-hybridized carbons (Fsp3) is 0.643. The van der Waals surface area contributed by atoms with Crippen molar-refractivity contribution in [3.8, 4) is 0 Å². The van der Waals surface area contributed by atoms with Gasteiger partial charge in [-0.25, -0.2) is 0 Å². The molecule has 0 radical (unpaired) electrons. The molecule has 2 heterocycles. The van der Waals surface area contributed by atoms with Crippen LogP contribution in [0.3, 0.4) is 0 Å². The molecule has 0 aliphatic carbocycles. The van der Waals surface area contributed by atoms with E-state index in [1.54, 1.807) is 6.07 Å².